The van der Waals surface area contributed by atoms with Gasteiger partial charge in [0.25, 0.3) is 0 Å². The van der Waals surface area contributed by atoms with Crippen LogP contribution in [0.25, 0.3) is 53.9 Å². The number of carbonyl (C=O) groups excluding carboxylic acids is 1. The number of hydrogen-bond acceptors (Lipinski definition) is 6. The Bertz CT molecular complexity index is 1800. The maximum Gasteiger partial charge on any atom is 0.216 e. The van der Waals surface area contributed by atoms with E-state index in [1.165, 1.54) is 35.8 Å². The molecule has 193 valence electrons. The number of thiophene rings is 1. The van der Waals surface area contributed by atoms with Crippen LogP contribution in [0.4, 0.5) is 0 Å². The van der Waals surface area contributed by atoms with Crippen molar-refractivity contribution >= 4 is 49.3 Å². The van der Waals surface area contributed by atoms with Gasteiger partial charge in [-0.25, -0.2) is 4.98 Å². The quantitative estimate of drug-likeness (QED) is 0.114. The second-order valence-corrected chi connectivity index (χ2v) is 9.98. The van der Waals surface area contributed by atoms with Crippen molar-refractivity contribution in [2.75, 3.05) is 0 Å². The van der Waals surface area contributed by atoms with E-state index in [1.54, 1.807) is 11.3 Å². The minimum atomic E-state index is -0.125. The summed E-state index contributed by atoms with van der Waals surface area (Å²) in [5.41, 5.74) is 6.47. The molecule has 4 heterocycles. The third kappa shape index (κ3) is 5.60. The molecule has 0 spiro atoms. The molecule has 0 aliphatic carbocycles. The van der Waals surface area contributed by atoms with Gasteiger partial charge in [-0.15, -0.1) is 29.0 Å². The van der Waals surface area contributed by atoms with Gasteiger partial charge in [-0.3, -0.25) is 4.79 Å². The van der Waals surface area contributed by atoms with E-state index in [0.717, 1.165) is 43.6 Å². The van der Waals surface area contributed by atoms with Crippen LogP contribution in [-0.4, -0.2) is 20.9 Å². The van der Waals surface area contributed by atoms with Crippen LogP contribution in [0.1, 0.15) is 25.1 Å². The van der Waals surface area contributed by atoms with Gasteiger partial charge >= 0.3 is 0 Å². The molecule has 0 aliphatic rings. The first-order chi connectivity index (χ1) is 17.8. The van der Waals surface area contributed by atoms with Crippen LogP contribution in [0.15, 0.2) is 83.1 Å². The number of furan rings is 1. The monoisotopic (exact) mass is 698 g/mol. The van der Waals surface area contributed by atoms with E-state index in [9.17, 15) is 4.79 Å². The van der Waals surface area contributed by atoms with Gasteiger partial charge in [-0.05, 0) is 56.0 Å². The van der Waals surface area contributed by atoms with E-state index in [1.807, 2.05) is 25.3 Å². The fraction of sp³-hybridized carbons (Fsp3) is 0.129. The zero-order valence-corrected chi connectivity index (χ0v) is 24.5. The maximum absolute atomic E-state index is 10.0. The molecule has 6 rings (SSSR count). The van der Waals surface area contributed by atoms with Gasteiger partial charge < -0.3 is 14.5 Å². The summed E-state index contributed by atoms with van der Waals surface area (Å²) < 4.78 is 7.38. The number of ketones is 1. The van der Waals surface area contributed by atoms with Crippen LogP contribution >= 0.6 is 11.3 Å². The molecular formula is C31H25IrN2O3S-. The van der Waals surface area contributed by atoms with Crippen molar-refractivity contribution in [2.45, 2.75) is 27.7 Å². The Morgan fingerprint density at radius 3 is 2.47 bits per heavy atom. The third-order valence-corrected chi connectivity index (χ3v) is 6.99. The molecule has 0 aliphatic heterocycles. The molecule has 0 bridgehead atoms. The first-order valence-corrected chi connectivity index (χ1v) is 12.7. The molecule has 0 atom stereocenters. The van der Waals surface area contributed by atoms with Gasteiger partial charge in [-0.2, -0.15) is 0 Å². The minimum absolute atomic E-state index is 0. The molecule has 0 amide bonds. The number of aryl methyl sites for hydroxylation is 2. The summed E-state index contributed by atoms with van der Waals surface area (Å²) in [6.07, 6.45) is 3.03. The Labute approximate surface area is 238 Å². The van der Waals surface area contributed by atoms with E-state index in [2.05, 4.69) is 66.5 Å². The van der Waals surface area contributed by atoms with Gasteiger partial charge in [0.2, 0.25) is 5.71 Å². The smallest absolute Gasteiger partial charge is 0.216 e. The van der Waals surface area contributed by atoms with Gasteiger partial charge in [0.05, 0.1) is 11.3 Å². The van der Waals surface area contributed by atoms with Crippen LogP contribution in [0.2, 0.25) is 0 Å². The molecule has 0 fully saturated rings. The van der Waals surface area contributed by atoms with Crippen molar-refractivity contribution in [3.8, 4) is 21.7 Å². The Balaban J connectivity index is 0.000000375. The van der Waals surface area contributed by atoms with Crippen molar-refractivity contribution in [1.82, 2.24) is 9.97 Å². The molecule has 7 heteroatoms. The van der Waals surface area contributed by atoms with Crippen LogP contribution in [0.5, 0.6) is 0 Å². The predicted molar refractivity (Wildman–Crippen MR) is 151 cm³/mol. The molecule has 1 radical (unpaired) electrons. The molecule has 4 aromatic heterocycles. The molecular weight excluding hydrogens is 673 g/mol. The zero-order valence-electron chi connectivity index (χ0n) is 21.3. The van der Waals surface area contributed by atoms with Gasteiger partial charge in [0.1, 0.15) is 0 Å². The third-order valence-electron chi connectivity index (χ3n) is 5.78. The van der Waals surface area contributed by atoms with E-state index < -0.39 is 0 Å². The van der Waals surface area contributed by atoms with Crippen molar-refractivity contribution in [1.29, 1.82) is 0 Å². The molecule has 38 heavy (non-hydrogen) atoms. The predicted octanol–water partition coefficient (Wildman–Crippen LogP) is 8.38. The number of aliphatic hydroxyl groups excluding tert-OH is 1. The summed E-state index contributed by atoms with van der Waals surface area (Å²) in [6.45, 7) is 6.89. The van der Waals surface area contributed by atoms with Crippen LogP contribution in [-0.2, 0) is 24.9 Å². The summed E-state index contributed by atoms with van der Waals surface area (Å²) in [5, 5.41) is 11.6. The van der Waals surface area contributed by atoms with E-state index in [0.29, 0.717) is 5.71 Å². The number of carbonyl (C=O) groups is 1. The standard InChI is InChI=1S/C26H17N2OS.C5H8O2.Ir/c1-15-12-20-19-9-8-16(2)28-26(19)29-24(20)21(13-15)23-25-18(10-11-27-23)14-22(30-25)17-6-4-3-5-7-17;1-4(6)3-5(2)7;/h3-12,14H,1-2H3;3,6H,1-2H3;/q-1;;/b;4-3-;. The summed E-state index contributed by atoms with van der Waals surface area (Å²) in [7, 11) is 0. The number of aromatic nitrogens is 2. The van der Waals surface area contributed by atoms with Gasteiger partial charge in [-0.1, -0.05) is 48.2 Å². The maximum atomic E-state index is 10.0. The number of nitrogens with zero attached hydrogens (tertiary/aromatic N) is 2. The first kappa shape index (κ1) is 27.4. The largest absolute Gasteiger partial charge is 0.512 e. The number of aliphatic hydroxyl groups is 1. The molecule has 5 nitrogen and oxygen atoms in total. The summed E-state index contributed by atoms with van der Waals surface area (Å²) >= 11 is 1.76. The first-order valence-electron chi connectivity index (χ1n) is 11.8. The average molecular weight is 698 g/mol. The fourth-order valence-electron chi connectivity index (χ4n) is 4.27. The second kappa shape index (κ2) is 11.4. The van der Waals surface area contributed by atoms with Crippen LogP contribution in [0, 0.1) is 19.9 Å². The van der Waals surface area contributed by atoms with Gasteiger partial charge in [0.15, 0.2) is 5.78 Å². The number of rotatable bonds is 3. The molecule has 0 saturated carbocycles. The Hall–Kier alpha value is -3.64. The van der Waals surface area contributed by atoms with Crippen molar-refractivity contribution in [3.63, 3.8) is 0 Å². The van der Waals surface area contributed by atoms with Gasteiger partial charge in [0, 0.05) is 58.7 Å². The Kier molecular flexibility index (Phi) is 8.22. The van der Waals surface area contributed by atoms with Crippen molar-refractivity contribution in [2.24, 2.45) is 0 Å². The molecule has 6 aromatic rings. The number of fused-ring (bicyclic) bond motifs is 4. The van der Waals surface area contributed by atoms with Crippen molar-refractivity contribution in [3.05, 3.63) is 96.0 Å². The van der Waals surface area contributed by atoms with E-state index in [4.69, 9.17) is 14.5 Å². The molecule has 0 saturated heterocycles. The van der Waals surface area contributed by atoms with Crippen LogP contribution in [0.3, 0.4) is 0 Å². The number of hydrogen-bond donors (Lipinski definition) is 1. The van der Waals surface area contributed by atoms with E-state index >= 15 is 0 Å². The Morgan fingerprint density at radius 1 is 1.03 bits per heavy atom. The number of allylic oxidation sites excluding steroid dienone is 2. The van der Waals surface area contributed by atoms with Crippen molar-refractivity contribution < 1.29 is 34.4 Å². The molecule has 2 aromatic carbocycles. The van der Waals surface area contributed by atoms with E-state index in [-0.39, 0.29) is 31.6 Å². The normalized spacial score (nSPS) is 11.3. The Morgan fingerprint density at radius 2 is 1.79 bits per heavy atom. The minimum Gasteiger partial charge on any atom is -0.512 e. The molecule has 1 N–H and O–H groups in total. The summed E-state index contributed by atoms with van der Waals surface area (Å²) in [6, 6.07) is 24.5. The second-order valence-electron chi connectivity index (χ2n) is 8.93. The zero-order chi connectivity index (χ0) is 26.1. The summed E-state index contributed by atoms with van der Waals surface area (Å²) in [4.78, 5) is 20.6. The molecule has 0 unspecified atom stereocenters. The fourth-order valence-corrected chi connectivity index (χ4v) is 5.43. The SMILES string of the molecule is CC(=O)/C=C(/C)O.Cc1[c-]c(-c2nccc3cc(-c4ccccc4)sc23)c2oc3nc(C)ccc3c2c1.[Ir]. The number of pyridine rings is 2. The average Bonchev–Trinajstić information content (AvgIpc) is 3.45. The topological polar surface area (TPSA) is 76.2 Å². The number of benzene rings is 2. The summed E-state index contributed by atoms with van der Waals surface area (Å²) in [5.74, 6) is -0.0625. The van der Waals surface area contributed by atoms with Crippen LogP contribution < -0.4 is 0 Å².